The molecular weight excluding hydrogens is 399 g/mol. The first kappa shape index (κ1) is 14.8. The molecule has 0 aliphatic rings. The Morgan fingerprint density at radius 1 is 1.21 bits per heavy atom. The average molecular weight is 410 g/mol. The van der Waals surface area contributed by atoms with Crippen LogP contribution in [0.15, 0.2) is 28.1 Å². The van der Waals surface area contributed by atoms with Crippen LogP contribution < -0.4 is 9.47 Å². The Kier molecular flexibility index (Phi) is 4.86. The maximum Gasteiger partial charge on any atom is 0.141 e. The van der Waals surface area contributed by atoms with Gasteiger partial charge in [-0.3, -0.25) is 0 Å². The zero-order valence-electron chi connectivity index (χ0n) is 10.2. The van der Waals surface area contributed by atoms with Gasteiger partial charge in [0.1, 0.15) is 17.3 Å². The largest absolute Gasteiger partial charge is 0.496 e. The van der Waals surface area contributed by atoms with Crippen LogP contribution in [0.1, 0.15) is 15.3 Å². The Morgan fingerprint density at radius 2 is 1.89 bits per heavy atom. The molecule has 1 aromatic carbocycles. The zero-order chi connectivity index (χ0) is 14.0. The minimum atomic E-state index is -0.349. The number of thiophene rings is 1. The Bertz CT molecular complexity index is 586. The second-order valence-electron chi connectivity index (χ2n) is 3.72. The zero-order valence-corrected chi connectivity index (χ0v) is 14.2. The topological polar surface area (TPSA) is 18.5 Å². The summed E-state index contributed by atoms with van der Waals surface area (Å²) in [7, 11) is 3.15. The molecule has 1 heterocycles. The molecule has 0 amide bonds. The number of rotatable bonds is 4. The number of methoxy groups -OCH3 is 2. The summed E-state index contributed by atoms with van der Waals surface area (Å²) in [5.74, 6) is 0.950. The molecule has 19 heavy (non-hydrogen) atoms. The smallest absolute Gasteiger partial charge is 0.141 e. The number of hydrogen-bond donors (Lipinski definition) is 0. The molecule has 0 bridgehead atoms. The Balaban J connectivity index is 2.49. The van der Waals surface area contributed by atoms with Crippen LogP contribution in [0.5, 0.6) is 11.5 Å². The summed E-state index contributed by atoms with van der Waals surface area (Å²) in [6.45, 7) is 0. The summed E-state index contributed by atoms with van der Waals surface area (Å²) >= 11 is 8.39. The van der Waals surface area contributed by atoms with Crippen molar-refractivity contribution in [1.82, 2.24) is 0 Å². The Labute approximate surface area is 131 Å². The van der Waals surface area contributed by atoms with Crippen molar-refractivity contribution in [2.45, 2.75) is 4.83 Å². The quantitative estimate of drug-likeness (QED) is 0.650. The van der Waals surface area contributed by atoms with Crippen molar-refractivity contribution in [3.63, 3.8) is 0 Å². The van der Waals surface area contributed by atoms with Gasteiger partial charge in [0.25, 0.3) is 0 Å². The number of benzene rings is 1. The third-order valence-electron chi connectivity index (χ3n) is 2.65. The predicted molar refractivity (Wildman–Crippen MR) is 82.3 cm³/mol. The predicted octanol–water partition coefficient (Wildman–Crippen LogP) is 5.15. The van der Waals surface area contributed by atoms with Crippen molar-refractivity contribution in [3.8, 4) is 11.5 Å². The molecular formula is C13H11Br2FO2S. The van der Waals surface area contributed by atoms with Crippen LogP contribution in [-0.4, -0.2) is 14.2 Å². The second-order valence-corrected chi connectivity index (χ2v) is 6.44. The normalized spacial score (nSPS) is 12.3. The summed E-state index contributed by atoms with van der Waals surface area (Å²) < 4.78 is 24.5. The van der Waals surface area contributed by atoms with Crippen LogP contribution in [-0.2, 0) is 0 Å². The molecule has 2 nitrogen and oxygen atoms in total. The molecule has 6 heteroatoms. The van der Waals surface area contributed by atoms with E-state index < -0.39 is 0 Å². The number of alkyl halides is 1. The molecule has 0 fully saturated rings. The lowest BCUT2D eigenvalue weighted by Crippen LogP contribution is -1.98. The van der Waals surface area contributed by atoms with Gasteiger partial charge in [0.05, 0.1) is 28.4 Å². The third-order valence-corrected chi connectivity index (χ3v) is 5.48. The maximum absolute atomic E-state index is 13.5. The minimum Gasteiger partial charge on any atom is -0.496 e. The van der Waals surface area contributed by atoms with Crippen LogP contribution >= 0.6 is 43.2 Å². The average Bonchev–Trinajstić information content (AvgIpc) is 2.88. The van der Waals surface area contributed by atoms with E-state index >= 15 is 0 Å². The van der Waals surface area contributed by atoms with Gasteiger partial charge in [0.2, 0.25) is 0 Å². The lowest BCUT2D eigenvalue weighted by atomic mass is 10.1. The van der Waals surface area contributed by atoms with Gasteiger partial charge in [-0.25, -0.2) is 4.39 Å². The molecule has 0 radical (unpaired) electrons. The second kappa shape index (κ2) is 6.24. The molecule has 0 saturated heterocycles. The standard InChI is InChI=1S/C13H11Br2FO2S/c1-17-10-3-4-19-13(10)12(15)7-5-8(14)9(16)6-11(7)18-2/h3-6,12H,1-2H3. The molecule has 1 unspecified atom stereocenters. The van der Waals surface area contributed by atoms with E-state index in [4.69, 9.17) is 9.47 Å². The molecule has 0 spiro atoms. The third kappa shape index (κ3) is 2.95. The van der Waals surface area contributed by atoms with E-state index in [1.54, 1.807) is 24.5 Å². The van der Waals surface area contributed by atoms with Crippen molar-refractivity contribution >= 4 is 43.2 Å². The molecule has 2 aromatic rings. The monoisotopic (exact) mass is 408 g/mol. The molecule has 0 saturated carbocycles. The summed E-state index contributed by atoms with van der Waals surface area (Å²) in [5.41, 5.74) is 0.844. The van der Waals surface area contributed by atoms with E-state index in [0.717, 1.165) is 16.2 Å². The minimum absolute atomic E-state index is 0.116. The SMILES string of the molecule is COc1cc(F)c(Br)cc1C(Br)c1sccc1OC. The van der Waals surface area contributed by atoms with Crippen LogP contribution in [0.25, 0.3) is 0 Å². The fourth-order valence-electron chi connectivity index (χ4n) is 1.72. The van der Waals surface area contributed by atoms with Crippen LogP contribution in [0.4, 0.5) is 4.39 Å². The molecule has 1 atom stereocenters. The first-order chi connectivity index (χ1) is 9.08. The van der Waals surface area contributed by atoms with Crippen molar-refractivity contribution in [3.05, 3.63) is 44.3 Å². The van der Waals surface area contributed by atoms with Crippen LogP contribution in [0.2, 0.25) is 0 Å². The van der Waals surface area contributed by atoms with Crippen molar-refractivity contribution in [2.75, 3.05) is 14.2 Å². The fraction of sp³-hybridized carbons (Fsp3) is 0.231. The van der Waals surface area contributed by atoms with Gasteiger partial charge in [0, 0.05) is 11.6 Å². The highest BCUT2D eigenvalue weighted by atomic mass is 79.9. The molecule has 0 N–H and O–H groups in total. The van der Waals surface area contributed by atoms with Gasteiger partial charge < -0.3 is 9.47 Å². The van der Waals surface area contributed by atoms with Gasteiger partial charge in [-0.05, 0) is 33.4 Å². The van der Waals surface area contributed by atoms with Gasteiger partial charge >= 0.3 is 0 Å². The van der Waals surface area contributed by atoms with E-state index in [1.165, 1.54) is 13.2 Å². The van der Waals surface area contributed by atoms with Crippen molar-refractivity contribution < 1.29 is 13.9 Å². The number of ether oxygens (including phenoxy) is 2. The lowest BCUT2D eigenvalue weighted by Gasteiger charge is -2.15. The van der Waals surface area contributed by atoms with Crippen LogP contribution in [0.3, 0.4) is 0 Å². The Morgan fingerprint density at radius 3 is 2.53 bits per heavy atom. The fourth-order valence-corrected chi connectivity index (χ4v) is 3.84. The summed E-state index contributed by atoms with van der Waals surface area (Å²) in [6, 6.07) is 4.99. The van der Waals surface area contributed by atoms with Gasteiger partial charge in [-0.1, -0.05) is 15.9 Å². The van der Waals surface area contributed by atoms with Crippen molar-refractivity contribution in [2.24, 2.45) is 0 Å². The number of halogens is 3. The molecule has 2 rings (SSSR count). The molecule has 1 aromatic heterocycles. The van der Waals surface area contributed by atoms with E-state index in [-0.39, 0.29) is 10.6 Å². The number of hydrogen-bond acceptors (Lipinski definition) is 3. The first-order valence-electron chi connectivity index (χ1n) is 5.36. The molecule has 102 valence electrons. The Hall–Kier alpha value is -0.590. The highest BCUT2D eigenvalue weighted by molar-refractivity contribution is 9.10. The summed E-state index contributed by atoms with van der Waals surface area (Å²) in [5, 5.41) is 1.95. The van der Waals surface area contributed by atoms with E-state index in [1.807, 2.05) is 11.4 Å². The van der Waals surface area contributed by atoms with E-state index in [9.17, 15) is 4.39 Å². The molecule has 0 aliphatic heterocycles. The van der Waals surface area contributed by atoms with Gasteiger partial charge in [-0.15, -0.1) is 11.3 Å². The summed E-state index contributed by atoms with van der Waals surface area (Å²) in [6.07, 6.45) is 0. The lowest BCUT2D eigenvalue weighted by molar-refractivity contribution is 0.404. The highest BCUT2D eigenvalue weighted by Gasteiger charge is 2.22. The maximum atomic E-state index is 13.5. The van der Waals surface area contributed by atoms with Gasteiger partial charge in [-0.2, -0.15) is 0 Å². The van der Waals surface area contributed by atoms with E-state index in [0.29, 0.717) is 10.2 Å². The van der Waals surface area contributed by atoms with E-state index in [2.05, 4.69) is 31.9 Å². The highest BCUT2D eigenvalue weighted by Crippen LogP contribution is 2.44. The summed E-state index contributed by atoms with van der Waals surface area (Å²) in [4.78, 5) is 0.897. The van der Waals surface area contributed by atoms with Gasteiger partial charge in [0.15, 0.2) is 0 Å². The molecule has 0 aliphatic carbocycles. The van der Waals surface area contributed by atoms with Crippen molar-refractivity contribution in [1.29, 1.82) is 0 Å². The first-order valence-corrected chi connectivity index (χ1v) is 7.95. The van der Waals surface area contributed by atoms with Crippen LogP contribution in [0, 0.1) is 5.82 Å².